The van der Waals surface area contributed by atoms with Gasteiger partial charge in [-0.25, -0.2) is 8.78 Å². The molecule has 0 aliphatic carbocycles. The van der Waals surface area contributed by atoms with Crippen LogP contribution in [0, 0.1) is 11.6 Å². The molecule has 7 heteroatoms. The van der Waals surface area contributed by atoms with Crippen molar-refractivity contribution in [3.8, 4) is 0 Å². The predicted octanol–water partition coefficient (Wildman–Crippen LogP) is 2.12. The van der Waals surface area contributed by atoms with Crippen molar-refractivity contribution in [3.63, 3.8) is 0 Å². The van der Waals surface area contributed by atoms with Gasteiger partial charge in [0.05, 0.1) is 23.3 Å². The summed E-state index contributed by atoms with van der Waals surface area (Å²) < 4.78 is 32.4. The van der Waals surface area contributed by atoms with E-state index in [9.17, 15) is 13.6 Å². The van der Waals surface area contributed by atoms with Crippen LogP contribution in [-0.4, -0.2) is 38.3 Å². The van der Waals surface area contributed by atoms with E-state index in [1.54, 1.807) is 0 Å². The van der Waals surface area contributed by atoms with E-state index in [-0.39, 0.29) is 23.2 Å². The topological polar surface area (TPSA) is 50.4 Å². The van der Waals surface area contributed by atoms with E-state index in [1.807, 2.05) is 0 Å². The summed E-state index contributed by atoms with van der Waals surface area (Å²) >= 11 is 5.43. The number of benzene rings is 1. The van der Waals surface area contributed by atoms with Crippen LogP contribution in [-0.2, 0) is 4.74 Å². The molecule has 1 saturated heterocycles. The van der Waals surface area contributed by atoms with Crippen LogP contribution < -0.4 is 10.6 Å². The van der Waals surface area contributed by atoms with Gasteiger partial charge in [-0.1, -0.05) is 11.6 Å². The van der Waals surface area contributed by atoms with Crippen LogP contribution in [0.1, 0.15) is 23.2 Å². The maximum atomic E-state index is 13.5. The number of halogens is 3. The highest BCUT2D eigenvalue weighted by Crippen LogP contribution is 2.19. The molecule has 0 aromatic heterocycles. The third kappa shape index (κ3) is 4.62. The van der Waals surface area contributed by atoms with Crippen LogP contribution in [0.25, 0.3) is 0 Å². The van der Waals surface area contributed by atoms with Crippen molar-refractivity contribution in [1.82, 2.24) is 10.6 Å². The van der Waals surface area contributed by atoms with Crippen LogP contribution in [0.3, 0.4) is 0 Å². The third-order valence-electron chi connectivity index (χ3n) is 3.28. The Hall–Kier alpha value is -1.24. The van der Waals surface area contributed by atoms with Gasteiger partial charge in [0.15, 0.2) is 0 Å². The van der Waals surface area contributed by atoms with Crippen LogP contribution >= 0.6 is 11.6 Å². The fourth-order valence-corrected chi connectivity index (χ4v) is 2.29. The van der Waals surface area contributed by atoms with Gasteiger partial charge in [0.25, 0.3) is 5.91 Å². The first-order valence-corrected chi connectivity index (χ1v) is 7.21. The lowest BCUT2D eigenvalue weighted by atomic mass is 10.1. The Kier molecular flexibility index (Phi) is 5.90. The van der Waals surface area contributed by atoms with Gasteiger partial charge in [-0.2, -0.15) is 0 Å². The summed E-state index contributed by atoms with van der Waals surface area (Å²) in [6.45, 7) is 2.43. The molecule has 1 amide bonds. The molecule has 1 aliphatic rings. The van der Waals surface area contributed by atoms with Crippen molar-refractivity contribution in [1.29, 1.82) is 0 Å². The average molecular weight is 319 g/mol. The number of nitrogens with one attached hydrogen (secondary N) is 2. The molecular weight excluding hydrogens is 302 g/mol. The van der Waals surface area contributed by atoms with E-state index in [2.05, 4.69) is 10.6 Å². The highest BCUT2D eigenvalue weighted by molar-refractivity contribution is 6.30. The summed E-state index contributed by atoms with van der Waals surface area (Å²) in [5.74, 6) is -2.36. The second-order valence-corrected chi connectivity index (χ2v) is 5.23. The van der Waals surface area contributed by atoms with Gasteiger partial charge < -0.3 is 15.4 Å². The van der Waals surface area contributed by atoms with E-state index < -0.39 is 17.5 Å². The lowest BCUT2D eigenvalue weighted by molar-refractivity contribution is 0.0343. The number of carbonyl (C=O) groups is 1. The largest absolute Gasteiger partial charge is 0.376 e. The Morgan fingerprint density at radius 3 is 2.76 bits per heavy atom. The highest BCUT2D eigenvalue weighted by atomic mass is 35.5. The quantitative estimate of drug-likeness (QED) is 0.646. The third-order valence-corrected chi connectivity index (χ3v) is 3.57. The van der Waals surface area contributed by atoms with E-state index in [0.29, 0.717) is 6.61 Å². The molecule has 116 valence electrons. The molecule has 0 radical (unpaired) electrons. The van der Waals surface area contributed by atoms with Crippen LogP contribution in [0.4, 0.5) is 8.78 Å². The van der Waals surface area contributed by atoms with Gasteiger partial charge in [-0.05, 0) is 38.1 Å². The molecule has 0 spiro atoms. The molecule has 1 aliphatic heterocycles. The fraction of sp³-hybridized carbons (Fsp3) is 0.500. The first kappa shape index (κ1) is 16.1. The Morgan fingerprint density at radius 2 is 2.05 bits per heavy atom. The molecule has 21 heavy (non-hydrogen) atoms. The normalized spacial score (nSPS) is 16.0. The molecule has 2 rings (SSSR count). The van der Waals surface area contributed by atoms with Crippen molar-refractivity contribution in [2.45, 2.75) is 18.9 Å². The Balaban J connectivity index is 1.78. The second kappa shape index (κ2) is 7.68. The number of amides is 1. The molecule has 1 aromatic carbocycles. The Labute approximate surface area is 126 Å². The van der Waals surface area contributed by atoms with E-state index >= 15 is 0 Å². The Morgan fingerprint density at radius 1 is 1.33 bits per heavy atom. The highest BCUT2D eigenvalue weighted by Gasteiger charge is 2.16. The van der Waals surface area contributed by atoms with Gasteiger partial charge >= 0.3 is 0 Å². The maximum Gasteiger partial charge on any atom is 0.254 e. The van der Waals surface area contributed by atoms with Crippen molar-refractivity contribution in [2.75, 3.05) is 26.2 Å². The predicted molar refractivity (Wildman–Crippen MR) is 75.5 cm³/mol. The van der Waals surface area contributed by atoms with E-state index in [0.717, 1.165) is 38.1 Å². The van der Waals surface area contributed by atoms with Gasteiger partial charge in [0, 0.05) is 6.54 Å². The summed E-state index contributed by atoms with van der Waals surface area (Å²) in [6.07, 6.45) is 2.06. The van der Waals surface area contributed by atoms with Gasteiger partial charge in [0.2, 0.25) is 0 Å². The van der Waals surface area contributed by atoms with Gasteiger partial charge in [-0.15, -0.1) is 0 Å². The molecule has 0 unspecified atom stereocenters. The maximum absolute atomic E-state index is 13.5. The van der Waals surface area contributed by atoms with Crippen molar-refractivity contribution in [3.05, 3.63) is 34.4 Å². The molecule has 0 atom stereocenters. The molecule has 0 bridgehead atoms. The Bertz CT molecular complexity index is 508. The molecule has 1 heterocycles. The first-order valence-electron chi connectivity index (χ1n) is 6.83. The van der Waals surface area contributed by atoms with Crippen molar-refractivity contribution >= 4 is 17.5 Å². The zero-order valence-electron chi connectivity index (χ0n) is 11.4. The summed E-state index contributed by atoms with van der Waals surface area (Å²) in [5.41, 5.74) is -0.362. The zero-order chi connectivity index (χ0) is 15.2. The van der Waals surface area contributed by atoms with Crippen LogP contribution in [0.5, 0.6) is 0 Å². The number of ether oxygens (including phenoxy) is 1. The number of piperidine rings is 1. The number of hydrogen-bond acceptors (Lipinski definition) is 3. The van der Waals surface area contributed by atoms with Crippen molar-refractivity contribution < 1.29 is 18.3 Å². The number of rotatable bonds is 5. The van der Waals surface area contributed by atoms with Crippen LogP contribution in [0.15, 0.2) is 12.1 Å². The molecule has 2 N–H and O–H groups in total. The fourth-order valence-electron chi connectivity index (χ4n) is 2.14. The molecule has 1 aromatic rings. The summed E-state index contributed by atoms with van der Waals surface area (Å²) in [4.78, 5) is 11.8. The van der Waals surface area contributed by atoms with Crippen LogP contribution in [0.2, 0.25) is 5.02 Å². The molecule has 0 saturated carbocycles. The number of carbonyl (C=O) groups excluding carboxylic acids is 1. The van der Waals surface area contributed by atoms with Crippen molar-refractivity contribution in [2.24, 2.45) is 0 Å². The zero-order valence-corrected chi connectivity index (χ0v) is 12.2. The van der Waals surface area contributed by atoms with Gasteiger partial charge in [-0.3, -0.25) is 4.79 Å². The van der Waals surface area contributed by atoms with E-state index in [4.69, 9.17) is 16.3 Å². The summed E-state index contributed by atoms with van der Waals surface area (Å²) in [7, 11) is 0. The minimum atomic E-state index is -0.849. The minimum Gasteiger partial charge on any atom is -0.376 e. The standard InChI is InChI=1S/C14H17ClF2N2O2/c15-11-8-12(16)10(7-13(11)17)14(20)19-5-6-21-9-1-3-18-4-2-9/h7-9,18H,1-6H2,(H,19,20). The molecule has 1 fully saturated rings. The average Bonchev–Trinajstić information content (AvgIpc) is 2.48. The molecular formula is C14H17ClF2N2O2. The van der Waals surface area contributed by atoms with Gasteiger partial charge in [0.1, 0.15) is 11.6 Å². The smallest absolute Gasteiger partial charge is 0.254 e. The number of hydrogen-bond donors (Lipinski definition) is 2. The summed E-state index contributed by atoms with van der Waals surface area (Å²) in [5, 5.41) is 5.37. The lowest BCUT2D eigenvalue weighted by Gasteiger charge is -2.22. The lowest BCUT2D eigenvalue weighted by Crippen LogP contribution is -2.35. The SMILES string of the molecule is O=C(NCCOC1CCNCC1)c1cc(F)c(Cl)cc1F. The second-order valence-electron chi connectivity index (χ2n) is 4.82. The van der Waals surface area contributed by atoms with E-state index in [1.165, 1.54) is 0 Å². The first-order chi connectivity index (χ1) is 10.1. The minimum absolute atomic E-state index is 0.188. The summed E-state index contributed by atoms with van der Waals surface area (Å²) in [6, 6.07) is 1.58. The molecule has 4 nitrogen and oxygen atoms in total. The monoisotopic (exact) mass is 318 g/mol.